The van der Waals surface area contributed by atoms with Gasteiger partial charge in [-0.25, -0.2) is 9.97 Å². The number of fused-ring (bicyclic) bond motifs is 1. The van der Waals surface area contributed by atoms with E-state index in [4.69, 9.17) is 17.3 Å². The molecule has 2 aromatic carbocycles. The Hall–Kier alpha value is -3.89. The molecule has 4 aromatic rings. The lowest BCUT2D eigenvalue weighted by Gasteiger charge is -2.20. The van der Waals surface area contributed by atoms with Crippen molar-refractivity contribution < 1.29 is 0 Å². The standard InChI is InChI=1S/C22H17ClN6O/c1-12(28-22-15(10-24)21(25)26-11-27-22)17-18(13-6-3-2-4-7-13)29-19-14(20(17)30)8-5-9-16(19)23/h2-9,11-12H,1H3,(H,29,30)(H3,25,26,27,28). The Balaban J connectivity index is 1.94. The summed E-state index contributed by atoms with van der Waals surface area (Å²) in [6, 6.07) is 16.2. The van der Waals surface area contributed by atoms with Gasteiger partial charge < -0.3 is 16.0 Å². The Kier molecular flexibility index (Phi) is 5.09. The van der Waals surface area contributed by atoms with E-state index in [-0.39, 0.29) is 22.6 Å². The summed E-state index contributed by atoms with van der Waals surface area (Å²) in [6.07, 6.45) is 1.27. The first-order valence-electron chi connectivity index (χ1n) is 9.18. The second-order valence-corrected chi connectivity index (χ2v) is 7.14. The molecular formula is C22H17ClN6O. The Labute approximate surface area is 177 Å². The van der Waals surface area contributed by atoms with Gasteiger partial charge in [0.05, 0.1) is 22.3 Å². The number of nitrogens with one attached hydrogen (secondary N) is 2. The van der Waals surface area contributed by atoms with Gasteiger partial charge in [-0.3, -0.25) is 4.79 Å². The highest BCUT2D eigenvalue weighted by molar-refractivity contribution is 6.35. The molecular weight excluding hydrogens is 400 g/mol. The van der Waals surface area contributed by atoms with Gasteiger partial charge in [-0.1, -0.05) is 48.0 Å². The smallest absolute Gasteiger partial charge is 0.195 e. The van der Waals surface area contributed by atoms with Crippen molar-refractivity contribution in [2.45, 2.75) is 13.0 Å². The number of halogens is 1. The average Bonchev–Trinajstić information content (AvgIpc) is 2.75. The average molecular weight is 417 g/mol. The molecule has 1 unspecified atom stereocenters. The monoisotopic (exact) mass is 416 g/mol. The molecule has 7 nitrogen and oxygen atoms in total. The lowest BCUT2D eigenvalue weighted by molar-refractivity contribution is 0.861. The van der Waals surface area contributed by atoms with Gasteiger partial charge in [-0.05, 0) is 24.6 Å². The third kappa shape index (κ3) is 3.34. The van der Waals surface area contributed by atoms with Crippen LogP contribution in [-0.2, 0) is 0 Å². The first kappa shape index (κ1) is 19.4. The molecule has 0 spiro atoms. The minimum atomic E-state index is -0.492. The normalized spacial score (nSPS) is 11.8. The molecule has 0 saturated carbocycles. The molecule has 0 fully saturated rings. The fourth-order valence-corrected chi connectivity index (χ4v) is 3.65. The Morgan fingerprint density at radius 3 is 2.67 bits per heavy atom. The molecule has 148 valence electrons. The third-order valence-corrected chi connectivity index (χ3v) is 5.17. The van der Waals surface area contributed by atoms with E-state index in [0.29, 0.717) is 27.2 Å². The summed E-state index contributed by atoms with van der Waals surface area (Å²) in [5.74, 6) is 0.340. The third-order valence-electron chi connectivity index (χ3n) is 4.86. The number of nitrogens with zero attached hydrogens (tertiary/aromatic N) is 3. The number of para-hydroxylation sites is 1. The summed E-state index contributed by atoms with van der Waals surface area (Å²) in [4.78, 5) is 24.8. The van der Waals surface area contributed by atoms with Crippen LogP contribution in [0, 0.1) is 11.3 Å². The number of benzene rings is 2. The molecule has 8 heteroatoms. The van der Waals surface area contributed by atoms with Crippen molar-refractivity contribution in [2.24, 2.45) is 0 Å². The van der Waals surface area contributed by atoms with E-state index < -0.39 is 6.04 Å². The predicted octanol–water partition coefficient (Wildman–Crippen LogP) is 4.27. The number of nitrogen functional groups attached to an aromatic ring is 1. The topological polar surface area (TPSA) is 120 Å². The highest BCUT2D eigenvalue weighted by atomic mass is 35.5. The van der Waals surface area contributed by atoms with Gasteiger partial charge in [0, 0.05) is 10.9 Å². The van der Waals surface area contributed by atoms with Gasteiger partial charge in [0.2, 0.25) is 0 Å². The maximum atomic E-state index is 13.5. The largest absolute Gasteiger partial charge is 0.382 e. The van der Waals surface area contributed by atoms with Crippen LogP contribution in [0.5, 0.6) is 0 Å². The van der Waals surface area contributed by atoms with Crippen LogP contribution in [-0.4, -0.2) is 15.0 Å². The van der Waals surface area contributed by atoms with Crippen molar-refractivity contribution in [1.82, 2.24) is 15.0 Å². The summed E-state index contributed by atoms with van der Waals surface area (Å²) in [6.45, 7) is 1.83. The lowest BCUT2D eigenvalue weighted by Crippen LogP contribution is -2.21. The molecule has 4 rings (SSSR count). The van der Waals surface area contributed by atoms with Crippen LogP contribution in [0.3, 0.4) is 0 Å². The Morgan fingerprint density at radius 2 is 1.93 bits per heavy atom. The van der Waals surface area contributed by atoms with Crippen molar-refractivity contribution in [2.75, 3.05) is 11.1 Å². The predicted molar refractivity (Wildman–Crippen MR) is 118 cm³/mol. The van der Waals surface area contributed by atoms with E-state index >= 15 is 0 Å². The van der Waals surface area contributed by atoms with E-state index in [9.17, 15) is 10.1 Å². The molecule has 0 aliphatic carbocycles. The maximum Gasteiger partial charge on any atom is 0.195 e. The highest BCUT2D eigenvalue weighted by Crippen LogP contribution is 2.31. The number of anilines is 2. The van der Waals surface area contributed by atoms with Gasteiger partial charge in [-0.2, -0.15) is 5.26 Å². The summed E-state index contributed by atoms with van der Waals surface area (Å²) in [7, 11) is 0. The molecule has 4 N–H and O–H groups in total. The Bertz CT molecular complexity index is 1340. The zero-order valence-corrected chi connectivity index (χ0v) is 16.7. The van der Waals surface area contributed by atoms with Crippen LogP contribution in [0.15, 0.2) is 59.7 Å². The first-order valence-corrected chi connectivity index (χ1v) is 9.56. The van der Waals surface area contributed by atoms with Crippen LogP contribution in [0.25, 0.3) is 22.2 Å². The van der Waals surface area contributed by atoms with Crippen molar-refractivity contribution >= 4 is 34.1 Å². The van der Waals surface area contributed by atoms with Gasteiger partial charge >= 0.3 is 0 Å². The number of nitriles is 1. The van der Waals surface area contributed by atoms with E-state index in [1.807, 2.05) is 43.3 Å². The van der Waals surface area contributed by atoms with Crippen molar-refractivity contribution in [1.29, 1.82) is 5.26 Å². The fourth-order valence-electron chi connectivity index (χ4n) is 3.43. The van der Waals surface area contributed by atoms with Crippen LogP contribution in [0.1, 0.15) is 24.1 Å². The number of rotatable bonds is 4. The minimum Gasteiger partial charge on any atom is -0.382 e. The molecule has 1 atom stereocenters. The van der Waals surface area contributed by atoms with Crippen LogP contribution < -0.4 is 16.5 Å². The lowest BCUT2D eigenvalue weighted by atomic mass is 9.97. The molecule has 0 bridgehead atoms. The number of H-pyrrole nitrogens is 1. The quantitative estimate of drug-likeness (QED) is 0.457. The fraction of sp³-hybridized carbons (Fsp3) is 0.0909. The van der Waals surface area contributed by atoms with E-state index in [1.165, 1.54) is 6.33 Å². The highest BCUT2D eigenvalue weighted by Gasteiger charge is 2.21. The van der Waals surface area contributed by atoms with Gasteiger partial charge in [-0.15, -0.1) is 0 Å². The number of aromatic amines is 1. The second-order valence-electron chi connectivity index (χ2n) is 6.73. The summed E-state index contributed by atoms with van der Waals surface area (Å²) in [5, 5.41) is 13.5. The SMILES string of the molecule is CC(Nc1ncnc(N)c1C#N)c1c(-c2ccccc2)[nH]c2c(Cl)cccc2c1=O. The first-order chi connectivity index (χ1) is 14.5. The molecule has 30 heavy (non-hydrogen) atoms. The molecule has 0 saturated heterocycles. The van der Waals surface area contributed by atoms with Crippen molar-refractivity contribution in [3.8, 4) is 17.3 Å². The number of pyridine rings is 1. The maximum absolute atomic E-state index is 13.5. The van der Waals surface area contributed by atoms with Gasteiger partial charge in [0.1, 0.15) is 29.6 Å². The van der Waals surface area contributed by atoms with E-state index in [1.54, 1.807) is 18.2 Å². The number of hydrogen-bond acceptors (Lipinski definition) is 6. The zero-order chi connectivity index (χ0) is 21.3. The number of hydrogen-bond donors (Lipinski definition) is 3. The summed E-state index contributed by atoms with van der Waals surface area (Å²) < 4.78 is 0. The molecule has 0 aliphatic rings. The van der Waals surface area contributed by atoms with Gasteiger partial charge in [0.25, 0.3) is 0 Å². The van der Waals surface area contributed by atoms with Gasteiger partial charge in [0.15, 0.2) is 5.43 Å². The summed E-state index contributed by atoms with van der Waals surface area (Å²) in [5.41, 5.74) is 8.31. The second kappa shape index (κ2) is 7.85. The van der Waals surface area contributed by atoms with Crippen molar-refractivity contribution in [3.63, 3.8) is 0 Å². The number of nitrogens with two attached hydrogens (primary N) is 1. The number of aromatic nitrogens is 3. The van der Waals surface area contributed by atoms with Crippen molar-refractivity contribution in [3.05, 3.63) is 81.2 Å². The minimum absolute atomic E-state index is 0.0738. The molecule has 0 aliphatic heterocycles. The molecule has 0 radical (unpaired) electrons. The Morgan fingerprint density at radius 1 is 1.17 bits per heavy atom. The molecule has 2 aromatic heterocycles. The van der Waals surface area contributed by atoms with Crippen LogP contribution >= 0.6 is 11.6 Å². The summed E-state index contributed by atoms with van der Waals surface area (Å²) >= 11 is 6.35. The van der Waals surface area contributed by atoms with E-state index in [0.717, 1.165) is 5.56 Å². The van der Waals surface area contributed by atoms with Crippen LogP contribution in [0.4, 0.5) is 11.6 Å². The zero-order valence-electron chi connectivity index (χ0n) is 16.0. The molecule has 0 amide bonds. The van der Waals surface area contributed by atoms with E-state index in [2.05, 4.69) is 20.3 Å². The van der Waals surface area contributed by atoms with Crippen LogP contribution in [0.2, 0.25) is 5.02 Å². The molecule has 2 heterocycles.